The van der Waals surface area contributed by atoms with Gasteiger partial charge in [-0.25, -0.2) is 0 Å². The van der Waals surface area contributed by atoms with Crippen LogP contribution < -0.4 is 5.32 Å². The minimum Gasteiger partial charge on any atom is -0.300 e. The number of nitro benzene ring substituents is 1. The molecule has 0 aliphatic heterocycles. The third kappa shape index (κ3) is 4.89. The monoisotopic (exact) mass is 400 g/mol. The van der Waals surface area contributed by atoms with Gasteiger partial charge in [0.25, 0.3) is 5.69 Å². The maximum absolute atomic E-state index is 12.6. The number of hydrogen-bond donors (Lipinski definition) is 1. The summed E-state index contributed by atoms with van der Waals surface area (Å²) >= 11 is 2.68. The molecule has 1 unspecified atom stereocenters. The van der Waals surface area contributed by atoms with Gasteiger partial charge >= 0.3 is 0 Å². The molecule has 0 aliphatic rings. The van der Waals surface area contributed by atoms with Crippen molar-refractivity contribution in [2.75, 3.05) is 5.32 Å². The maximum atomic E-state index is 12.6. The molecule has 0 fully saturated rings. The molecule has 1 amide bonds. The molecule has 138 valence electrons. The smallest absolute Gasteiger partial charge is 0.270 e. The van der Waals surface area contributed by atoms with Crippen LogP contribution in [0.4, 0.5) is 10.8 Å². The second-order valence-electron chi connectivity index (χ2n) is 5.54. The molecule has 1 N–H and O–H groups in total. The third-order valence-corrected chi connectivity index (χ3v) is 5.91. The van der Waals surface area contributed by atoms with Crippen molar-refractivity contribution in [1.29, 1.82) is 0 Å². The Morgan fingerprint density at radius 2 is 2.00 bits per heavy atom. The Balaban J connectivity index is 1.70. The van der Waals surface area contributed by atoms with Gasteiger partial charge in [-0.2, -0.15) is 0 Å². The summed E-state index contributed by atoms with van der Waals surface area (Å²) in [6.45, 7) is 1.95. The summed E-state index contributed by atoms with van der Waals surface area (Å²) in [5.74, 6) is -0.145. The lowest BCUT2D eigenvalue weighted by atomic mass is 10.2. The molecule has 0 saturated heterocycles. The SMILES string of the molecule is CCC(Sc1ccccc1)C(=O)Nc1nnc(-c2cccc([N+](=O)[O-])c2)s1. The van der Waals surface area contributed by atoms with Crippen LogP contribution in [0, 0.1) is 10.1 Å². The molecule has 3 rings (SSSR count). The van der Waals surface area contributed by atoms with Gasteiger partial charge in [-0.15, -0.1) is 22.0 Å². The van der Waals surface area contributed by atoms with Crippen LogP contribution in [0.25, 0.3) is 10.6 Å². The highest BCUT2D eigenvalue weighted by Crippen LogP contribution is 2.30. The predicted octanol–water partition coefficient (Wildman–Crippen LogP) is 4.62. The second-order valence-corrected chi connectivity index (χ2v) is 7.79. The lowest BCUT2D eigenvalue weighted by Gasteiger charge is -2.13. The molecule has 1 atom stereocenters. The summed E-state index contributed by atoms with van der Waals surface area (Å²) < 4.78 is 0. The first-order valence-electron chi connectivity index (χ1n) is 8.17. The van der Waals surface area contributed by atoms with Crippen molar-refractivity contribution < 1.29 is 9.72 Å². The highest BCUT2D eigenvalue weighted by molar-refractivity contribution is 8.00. The summed E-state index contributed by atoms with van der Waals surface area (Å²) in [6, 6.07) is 15.9. The molecule has 0 radical (unpaired) electrons. The van der Waals surface area contributed by atoms with Gasteiger partial charge in [-0.3, -0.25) is 20.2 Å². The predicted molar refractivity (Wildman–Crippen MR) is 107 cm³/mol. The molecule has 3 aromatic rings. The van der Waals surface area contributed by atoms with E-state index in [1.54, 1.807) is 12.1 Å². The van der Waals surface area contributed by atoms with Crippen LogP contribution >= 0.6 is 23.1 Å². The van der Waals surface area contributed by atoms with Crippen molar-refractivity contribution in [2.24, 2.45) is 0 Å². The minimum absolute atomic E-state index is 0.0152. The molecule has 7 nitrogen and oxygen atoms in total. The summed E-state index contributed by atoms with van der Waals surface area (Å²) in [6.07, 6.45) is 0.669. The average Bonchev–Trinajstić information content (AvgIpc) is 3.15. The number of amides is 1. The molecule has 0 bridgehead atoms. The van der Waals surface area contributed by atoms with Gasteiger partial charge in [0.15, 0.2) is 0 Å². The zero-order chi connectivity index (χ0) is 19.2. The summed E-state index contributed by atoms with van der Waals surface area (Å²) in [5, 5.41) is 22.3. The van der Waals surface area contributed by atoms with E-state index in [2.05, 4.69) is 15.5 Å². The molecular weight excluding hydrogens is 384 g/mol. The van der Waals surface area contributed by atoms with E-state index in [1.165, 1.54) is 35.2 Å². The fourth-order valence-corrected chi connectivity index (χ4v) is 4.03. The van der Waals surface area contributed by atoms with E-state index in [4.69, 9.17) is 0 Å². The van der Waals surface area contributed by atoms with Crippen molar-refractivity contribution in [3.63, 3.8) is 0 Å². The number of nitro groups is 1. The Morgan fingerprint density at radius 3 is 2.70 bits per heavy atom. The van der Waals surface area contributed by atoms with E-state index >= 15 is 0 Å². The molecule has 0 aliphatic carbocycles. The lowest BCUT2D eigenvalue weighted by molar-refractivity contribution is -0.384. The number of hydrogen-bond acceptors (Lipinski definition) is 7. The van der Waals surface area contributed by atoms with Crippen molar-refractivity contribution in [1.82, 2.24) is 10.2 Å². The number of nitrogens with one attached hydrogen (secondary N) is 1. The van der Waals surface area contributed by atoms with Crippen LogP contribution in [0.2, 0.25) is 0 Å². The van der Waals surface area contributed by atoms with E-state index < -0.39 is 4.92 Å². The minimum atomic E-state index is -0.458. The highest BCUT2D eigenvalue weighted by Gasteiger charge is 2.20. The summed E-state index contributed by atoms with van der Waals surface area (Å²) in [7, 11) is 0. The molecule has 1 heterocycles. The molecule has 0 spiro atoms. The Morgan fingerprint density at radius 1 is 1.22 bits per heavy atom. The molecular formula is C18H16N4O3S2. The van der Waals surface area contributed by atoms with E-state index in [0.29, 0.717) is 22.1 Å². The number of aromatic nitrogens is 2. The first-order valence-corrected chi connectivity index (χ1v) is 9.87. The summed E-state index contributed by atoms with van der Waals surface area (Å²) in [5.41, 5.74) is 0.575. The fourth-order valence-electron chi connectivity index (χ4n) is 2.31. The number of carbonyl (C=O) groups is 1. The number of thioether (sulfide) groups is 1. The van der Waals surface area contributed by atoms with E-state index in [1.807, 2.05) is 37.3 Å². The van der Waals surface area contributed by atoms with E-state index in [-0.39, 0.29) is 16.8 Å². The largest absolute Gasteiger partial charge is 0.300 e. The fraction of sp³-hybridized carbons (Fsp3) is 0.167. The van der Waals surface area contributed by atoms with E-state index in [9.17, 15) is 14.9 Å². The Bertz CT molecular complexity index is 947. The highest BCUT2D eigenvalue weighted by atomic mass is 32.2. The topological polar surface area (TPSA) is 98.0 Å². The van der Waals surface area contributed by atoms with Crippen LogP contribution in [0.5, 0.6) is 0 Å². The normalized spacial score (nSPS) is 11.7. The standard InChI is InChI=1S/C18H16N4O3S2/c1-2-15(26-14-9-4-3-5-10-14)16(23)19-18-21-20-17(27-18)12-7-6-8-13(11-12)22(24)25/h3-11,15H,2H2,1H3,(H,19,21,23). The van der Waals surface area contributed by atoms with Crippen LogP contribution in [0.15, 0.2) is 59.5 Å². The molecule has 27 heavy (non-hydrogen) atoms. The number of non-ortho nitro benzene ring substituents is 1. The second kappa shape index (κ2) is 8.74. The zero-order valence-corrected chi connectivity index (χ0v) is 16.0. The quantitative estimate of drug-likeness (QED) is 0.353. The average molecular weight is 400 g/mol. The van der Waals surface area contributed by atoms with Gasteiger partial charge in [0.2, 0.25) is 11.0 Å². The maximum Gasteiger partial charge on any atom is 0.270 e. The van der Waals surface area contributed by atoms with Crippen molar-refractivity contribution in [3.8, 4) is 10.6 Å². The van der Waals surface area contributed by atoms with Gasteiger partial charge in [-0.05, 0) is 18.6 Å². The Kier molecular flexibility index (Phi) is 6.15. The molecule has 9 heteroatoms. The van der Waals surface area contributed by atoms with Gasteiger partial charge in [-0.1, -0.05) is 48.6 Å². The van der Waals surface area contributed by atoms with Gasteiger partial charge in [0.1, 0.15) is 5.01 Å². The zero-order valence-electron chi connectivity index (χ0n) is 14.4. The van der Waals surface area contributed by atoms with Crippen molar-refractivity contribution >= 4 is 39.8 Å². The first kappa shape index (κ1) is 19.0. The lowest BCUT2D eigenvalue weighted by Crippen LogP contribution is -2.24. The van der Waals surface area contributed by atoms with Gasteiger partial charge in [0.05, 0.1) is 10.2 Å². The number of rotatable bonds is 7. The van der Waals surface area contributed by atoms with Crippen molar-refractivity contribution in [3.05, 3.63) is 64.7 Å². The third-order valence-electron chi connectivity index (χ3n) is 3.64. The van der Waals surface area contributed by atoms with Crippen LogP contribution in [0.3, 0.4) is 0 Å². The Labute approximate surface area is 164 Å². The van der Waals surface area contributed by atoms with Gasteiger partial charge in [0, 0.05) is 22.6 Å². The van der Waals surface area contributed by atoms with Crippen LogP contribution in [0.1, 0.15) is 13.3 Å². The first-order chi connectivity index (χ1) is 13.1. The molecule has 0 saturated carbocycles. The Hall–Kier alpha value is -2.78. The number of anilines is 1. The van der Waals surface area contributed by atoms with Crippen LogP contribution in [-0.4, -0.2) is 26.3 Å². The molecule has 2 aromatic carbocycles. The van der Waals surface area contributed by atoms with Crippen molar-refractivity contribution in [2.45, 2.75) is 23.5 Å². The van der Waals surface area contributed by atoms with E-state index in [0.717, 1.165) is 4.90 Å². The number of nitrogens with zero attached hydrogens (tertiary/aromatic N) is 3. The number of carbonyl (C=O) groups excluding carboxylic acids is 1. The number of benzene rings is 2. The van der Waals surface area contributed by atoms with Crippen LogP contribution in [-0.2, 0) is 4.79 Å². The summed E-state index contributed by atoms with van der Waals surface area (Å²) in [4.78, 5) is 24.0. The molecule has 1 aromatic heterocycles. The van der Waals surface area contributed by atoms with Gasteiger partial charge < -0.3 is 0 Å².